The van der Waals surface area contributed by atoms with Crippen LogP contribution in [-0.2, 0) is 15.9 Å². The largest absolute Gasteiger partial charge is 0.488 e. The molecule has 0 bridgehead atoms. The standard InChI is InChI=1S/C22H26ClNO4/c1-24-9-10-27-19-6-3-15(4-7-19)11-17-12-16(5-8-20(17)23)21-13-18(25)14-22(26-2)28-21/h3-9,12,18,21-22,25H,10-11,13-14H2,1-2H3. The zero-order valence-corrected chi connectivity index (χ0v) is 16.9. The minimum atomic E-state index is -0.437. The Bertz CT molecular complexity index is 794. The van der Waals surface area contributed by atoms with E-state index >= 15 is 0 Å². The van der Waals surface area contributed by atoms with Crippen LogP contribution >= 0.6 is 11.6 Å². The number of ether oxygens (including phenoxy) is 3. The van der Waals surface area contributed by atoms with Crippen LogP contribution < -0.4 is 4.74 Å². The third kappa shape index (κ3) is 5.55. The Balaban J connectivity index is 1.71. The zero-order chi connectivity index (χ0) is 19.9. The highest BCUT2D eigenvalue weighted by Gasteiger charge is 2.29. The molecule has 28 heavy (non-hydrogen) atoms. The van der Waals surface area contributed by atoms with Gasteiger partial charge in [0, 0.05) is 38.2 Å². The lowest BCUT2D eigenvalue weighted by atomic mass is 9.95. The van der Waals surface area contributed by atoms with Crippen LogP contribution in [0.1, 0.15) is 35.6 Å². The van der Waals surface area contributed by atoms with E-state index in [0.717, 1.165) is 22.4 Å². The molecule has 2 aromatic carbocycles. The molecule has 0 spiro atoms. The molecule has 6 heteroatoms. The van der Waals surface area contributed by atoms with Crippen LogP contribution in [0.3, 0.4) is 0 Å². The van der Waals surface area contributed by atoms with Crippen molar-refractivity contribution in [2.45, 2.75) is 37.8 Å². The lowest BCUT2D eigenvalue weighted by Gasteiger charge is -2.32. The van der Waals surface area contributed by atoms with Crippen LogP contribution in [0.15, 0.2) is 47.5 Å². The van der Waals surface area contributed by atoms with E-state index in [1.807, 2.05) is 36.4 Å². The van der Waals surface area contributed by atoms with Crippen molar-refractivity contribution in [2.24, 2.45) is 4.99 Å². The first-order chi connectivity index (χ1) is 13.6. The SMILES string of the molecule is CN=CCOc1ccc(Cc2cc(C3CC(O)CC(OC)O3)ccc2Cl)cc1. The van der Waals surface area contributed by atoms with Crippen LogP contribution in [0, 0.1) is 0 Å². The van der Waals surface area contributed by atoms with Gasteiger partial charge in [-0.15, -0.1) is 0 Å². The van der Waals surface area contributed by atoms with E-state index in [-0.39, 0.29) is 6.10 Å². The Labute approximate surface area is 170 Å². The molecule has 0 saturated carbocycles. The number of benzene rings is 2. The summed E-state index contributed by atoms with van der Waals surface area (Å²) in [7, 11) is 3.31. The molecule has 2 aromatic rings. The fourth-order valence-electron chi connectivity index (χ4n) is 3.29. The second-order valence-electron chi connectivity index (χ2n) is 6.84. The van der Waals surface area contributed by atoms with E-state index < -0.39 is 12.4 Å². The first-order valence-corrected chi connectivity index (χ1v) is 9.74. The quantitative estimate of drug-likeness (QED) is 0.704. The molecule has 1 fully saturated rings. The summed E-state index contributed by atoms with van der Waals surface area (Å²) in [5, 5.41) is 10.8. The Morgan fingerprint density at radius 2 is 2.00 bits per heavy atom. The molecule has 1 aliphatic heterocycles. The molecule has 1 heterocycles. The Hall–Kier alpha value is -1.92. The summed E-state index contributed by atoms with van der Waals surface area (Å²) in [5.74, 6) is 0.804. The molecule has 1 saturated heterocycles. The minimum Gasteiger partial charge on any atom is -0.488 e. The van der Waals surface area contributed by atoms with Gasteiger partial charge < -0.3 is 19.3 Å². The average Bonchev–Trinajstić information content (AvgIpc) is 2.70. The number of halogens is 1. The van der Waals surface area contributed by atoms with Gasteiger partial charge in [-0.2, -0.15) is 0 Å². The predicted molar refractivity (Wildman–Crippen MR) is 110 cm³/mol. The van der Waals surface area contributed by atoms with Crippen molar-refractivity contribution in [1.29, 1.82) is 0 Å². The van der Waals surface area contributed by atoms with Gasteiger partial charge in [0.05, 0.1) is 12.2 Å². The molecule has 0 radical (unpaired) electrons. The smallest absolute Gasteiger partial charge is 0.160 e. The molecule has 1 aliphatic rings. The maximum Gasteiger partial charge on any atom is 0.160 e. The summed E-state index contributed by atoms with van der Waals surface area (Å²) in [5.41, 5.74) is 3.15. The molecule has 3 unspecified atom stereocenters. The molecule has 150 valence electrons. The van der Waals surface area contributed by atoms with Crippen LogP contribution in [-0.4, -0.2) is 44.5 Å². The van der Waals surface area contributed by atoms with Crippen molar-refractivity contribution in [3.63, 3.8) is 0 Å². The first kappa shape index (κ1) is 20.8. The molecule has 1 N–H and O–H groups in total. The van der Waals surface area contributed by atoms with Gasteiger partial charge in [-0.3, -0.25) is 4.99 Å². The van der Waals surface area contributed by atoms with E-state index in [2.05, 4.69) is 11.1 Å². The number of hydrogen-bond donors (Lipinski definition) is 1. The third-order valence-electron chi connectivity index (χ3n) is 4.80. The van der Waals surface area contributed by atoms with Gasteiger partial charge in [0.2, 0.25) is 0 Å². The van der Waals surface area contributed by atoms with E-state index in [1.165, 1.54) is 0 Å². The Kier molecular flexibility index (Phi) is 7.45. The zero-order valence-electron chi connectivity index (χ0n) is 16.2. The van der Waals surface area contributed by atoms with E-state index in [1.54, 1.807) is 20.4 Å². The highest BCUT2D eigenvalue weighted by Crippen LogP contribution is 2.34. The second-order valence-corrected chi connectivity index (χ2v) is 7.25. The molecule has 5 nitrogen and oxygen atoms in total. The minimum absolute atomic E-state index is 0.208. The van der Waals surface area contributed by atoms with Crippen LogP contribution in [0.25, 0.3) is 0 Å². The number of nitrogens with zero attached hydrogens (tertiary/aromatic N) is 1. The predicted octanol–water partition coefficient (Wildman–Crippen LogP) is 4.20. The summed E-state index contributed by atoms with van der Waals surface area (Å²) >= 11 is 6.43. The van der Waals surface area contributed by atoms with E-state index in [0.29, 0.717) is 30.9 Å². The Morgan fingerprint density at radius 3 is 2.71 bits per heavy atom. The third-order valence-corrected chi connectivity index (χ3v) is 5.16. The molecule has 0 aromatic heterocycles. The van der Waals surface area contributed by atoms with Crippen molar-refractivity contribution >= 4 is 17.8 Å². The fourth-order valence-corrected chi connectivity index (χ4v) is 3.47. The fraction of sp³-hybridized carbons (Fsp3) is 0.409. The summed E-state index contributed by atoms with van der Waals surface area (Å²) in [4.78, 5) is 3.90. The van der Waals surface area contributed by atoms with E-state index in [4.69, 9.17) is 25.8 Å². The summed E-state index contributed by atoms with van der Waals surface area (Å²) in [6.07, 6.45) is 2.43. The van der Waals surface area contributed by atoms with Gasteiger partial charge in [-0.1, -0.05) is 35.9 Å². The molecular weight excluding hydrogens is 378 g/mol. The Morgan fingerprint density at radius 1 is 1.21 bits per heavy atom. The first-order valence-electron chi connectivity index (χ1n) is 9.36. The van der Waals surface area contributed by atoms with Gasteiger partial charge in [0.1, 0.15) is 12.4 Å². The number of rotatable bonds is 7. The maximum absolute atomic E-state index is 10.1. The van der Waals surface area contributed by atoms with Crippen molar-refractivity contribution in [3.8, 4) is 5.75 Å². The van der Waals surface area contributed by atoms with Crippen molar-refractivity contribution in [2.75, 3.05) is 20.8 Å². The van der Waals surface area contributed by atoms with Gasteiger partial charge >= 0.3 is 0 Å². The lowest BCUT2D eigenvalue weighted by Crippen LogP contribution is -2.32. The highest BCUT2D eigenvalue weighted by atomic mass is 35.5. The molecule has 3 rings (SSSR count). The van der Waals surface area contributed by atoms with Crippen LogP contribution in [0.5, 0.6) is 5.75 Å². The lowest BCUT2D eigenvalue weighted by molar-refractivity contribution is -0.205. The number of aliphatic hydroxyl groups excluding tert-OH is 1. The second kappa shape index (κ2) is 10.0. The summed E-state index contributed by atoms with van der Waals surface area (Å²) < 4.78 is 16.8. The monoisotopic (exact) mass is 403 g/mol. The van der Waals surface area contributed by atoms with Crippen LogP contribution in [0.2, 0.25) is 5.02 Å². The topological polar surface area (TPSA) is 60.3 Å². The number of aliphatic hydroxyl groups is 1. The average molecular weight is 404 g/mol. The van der Waals surface area contributed by atoms with Crippen molar-refractivity contribution in [3.05, 3.63) is 64.2 Å². The number of hydrogen-bond acceptors (Lipinski definition) is 5. The summed E-state index contributed by atoms with van der Waals surface area (Å²) in [6, 6.07) is 13.8. The maximum atomic E-state index is 10.1. The normalized spacial score (nSPS) is 22.5. The molecule has 0 aliphatic carbocycles. The van der Waals surface area contributed by atoms with Gasteiger partial charge in [-0.05, 0) is 41.3 Å². The van der Waals surface area contributed by atoms with Gasteiger partial charge in [0.15, 0.2) is 6.29 Å². The molecular formula is C22H26ClNO4. The summed E-state index contributed by atoms with van der Waals surface area (Å²) in [6.45, 7) is 0.458. The van der Waals surface area contributed by atoms with Crippen molar-refractivity contribution in [1.82, 2.24) is 0 Å². The number of aliphatic imine (C=N–C) groups is 1. The van der Waals surface area contributed by atoms with Gasteiger partial charge in [-0.25, -0.2) is 0 Å². The van der Waals surface area contributed by atoms with E-state index in [9.17, 15) is 5.11 Å². The molecule has 0 amide bonds. The van der Waals surface area contributed by atoms with Gasteiger partial charge in [0.25, 0.3) is 0 Å². The van der Waals surface area contributed by atoms with Crippen molar-refractivity contribution < 1.29 is 19.3 Å². The number of methoxy groups -OCH3 is 1. The highest BCUT2D eigenvalue weighted by molar-refractivity contribution is 6.31. The van der Waals surface area contributed by atoms with Crippen LogP contribution in [0.4, 0.5) is 0 Å². The molecule has 3 atom stereocenters.